The number of benzene rings is 1. The van der Waals surface area contributed by atoms with Crippen LogP contribution in [0.25, 0.3) is 15.2 Å². The molecule has 0 spiro atoms. The van der Waals surface area contributed by atoms with Gasteiger partial charge in [-0.05, 0) is 12.1 Å². The van der Waals surface area contributed by atoms with Crippen LogP contribution in [-0.2, 0) is 0 Å². The number of carbonyl (C=O) groups excluding carboxylic acids is 1. The highest BCUT2D eigenvalue weighted by atomic mass is 32.1. The molecule has 2 heterocycles. The van der Waals surface area contributed by atoms with Gasteiger partial charge in [-0.15, -0.1) is 0 Å². The fraction of sp³-hybridized carbons (Fsp3) is 0. The topological polar surface area (TPSA) is 60.4 Å². The first-order chi connectivity index (χ1) is 7.27. The number of hydrogen-bond acceptors (Lipinski definition) is 3. The van der Waals surface area contributed by atoms with Gasteiger partial charge in [0.1, 0.15) is 5.69 Å². The minimum Gasteiger partial charge on any atom is -0.364 e. The van der Waals surface area contributed by atoms with Crippen molar-refractivity contribution in [1.29, 1.82) is 0 Å². The van der Waals surface area contributed by atoms with E-state index in [0.29, 0.717) is 5.69 Å². The predicted octanol–water partition coefficient (Wildman–Crippen LogP) is 1.65. The van der Waals surface area contributed by atoms with E-state index in [0.717, 1.165) is 15.2 Å². The van der Waals surface area contributed by atoms with Gasteiger partial charge in [-0.25, -0.2) is 4.98 Å². The zero-order valence-electron chi connectivity index (χ0n) is 7.68. The number of imidazole rings is 1. The third kappa shape index (κ3) is 1.07. The fourth-order valence-electron chi connectivity index (χ4n) is 1.64. The number of rotatable bonds is 1. The molecule has 0 radical (unpaired) electrons. The van der Waals surface area contributed by atoms with E-state index in [1.165, 1.54) is 6.20 Å². The molecule has 15 heavy (non-hydrogen) atoms. The lowest BCUT2D eigenvalue weighted by Gasteiger charge is -1.94. The molecule has 74 valence electrons. The number of fused-ring (bicyclic) bond motifs is 3. The van der Waals surface area contributed by atoms with Crippen LogP contribution in [0.4, 0.5) is 0 Å². The predicted molar refractivity (Wildman–Crippen MR) is 59.1 cm³/mol. The molecule has 2 aromatic heterocycles. The van der Waals surface area contributed by atoms with Crippen LogP contribution in [0.5, 0.6) is 0 Å². The molecule has 0 atom stereocenters. The number of nitrogens with two attached hydrogens (primary N) is 1. The molecule has 0 aliphatic carbocycles. The van der Waals surface area contributed by atoms with Crippen LogP contribution in [0.1, 0.15) is 10.5 Å². The molecule has 0 saturated heterocycles. The molecule has 0 aliphatic rings. The molecule has 0 fully saturated rings. The number of aromatic nitrogens is 2. The van der Waals surface area contributed by atoms with Crippen molar-refractivity contribution in [2.24, 2.45) is 5.73 Å². The largest absolute Gasteiger partial charge is 0.364 e. The van der Waals surface area contributed by atoms with Crippen molar-refractivity contribution in [3.63, 3.8) is 0 Å². The Morgan fingerprint density at radius 2 is 2.20 bits per heavy atom. The summed E-state index contributed by atoms with van der Waals surface area (Å²) in [6, 6.07) is 7.84. The second-order valence-electron chi connectivity index (χ2n) is 3.20. The van der Waals surface area contributed by atoms with E-state index in [4.69, 9.17) is 5.73 Å². The van der Waals surface area contributed by atoms with Crippen LogP contribution < -0.4 is 5.73 Å². The number of para-hydroxylation sites is 1. The van der Waals surface area contributed by atoms with Gasteiger partial charge in [-0.2, -0.15) is 0 Å². The number of thiazole rings is 1. The summed E-state index contributed by atoms with van der Waals surface area (Å²) in [4.78, 5) is 16.1. The van der Waals surface area contributed by atoms with E-state index in [9.17, 15) is 4.79 Å². The quantitative estimate of drug-likeness (QED) is 0.673. The maximum Gasteiger partial charge on any atom is 0.267 e. The van der Waals surface area contributed by atoms with Crippen molar-refractivity contribution < 1.29 is 4.79 Å². The van der Waals surface area contributed by atoms with Crippen LogP contribution in [0, 0.1) is 0 Å². The van der Waals surface area contributed by atoms with Crippen molar-refractivity contribution in [3.05, 3.63) is 36.2 Å². The highest BCUT2D eigenvalue weighted by Crippen LogP contribution is 2.26. The van der Waals surface area contributed by atoms with Crippen molar-refractivity contribution in [2.75, 3.05) is 0 Å². The number of primary amides is 1. The summed E-state index contributed by atoms with van der Waals surface area (Å²) < 4.78 is 2.89. The molecular formula is C10H7N3OS. The minimum atomic E-state index is -0.453. The molecular weight excluding hydrogens is 210 g/mol. The van der Waals surface area contributed by atoms with E-state index in [1.807, 2.05) is 24.3 Å². The van der Waals surface area contributed by atoms with Crippen LogP contribution in [0.2, 0.25) is 0 Å². The summed E-state index contributed by atoms with van der Waals surface area (Å²) in [6.07, 6.45) is 1.51. The Morgan fingerprint density at radius 3 is 3.00 bits per heavy atom. The average Bonchev–Trinajstić information content (AvgIpc) is 2.74. The zero-order valence-corrected chi connectivity index (χ0v) is 8.49. The van der Waals surface area contributed by atoms with Gasteiger partial charge in [0.15, 0.2) is 4.96 Å². The molecule has 0 bridgehead atoms. The monoisotopic (exact) mass is 217 g/mol. The maximum atomic E-state index is 11.2. The molecule has 3 aromatic rings. The lowest BCUT2D eigenvalue weighted by molar-refractivity contribution is 0.0995. The Balaban J connectivity index is 2.54. The van der Waals surface area contributed by atoms with Gasteiger partial charge < -0.3 is 5.73 Å². The minimum absolute atomic E-state index is 0.433. The van der Waals surface area contributed by atoms with Gasteiger partial charge in [0.05, 0.1) is 16.4 Å². The van der Waals surface area contributed by atoms with Crippen molar-refractivity contribution in [1.82, 2.24) is 9.38 Å². The highest BCUT2D eigenvalue weighted by Gasteiger charge is 2.13. The summed E-state index contributed by atoms with van der Waals surface area (Å²) in [6.45, 7) is 0. The van der Waals surface area contributed by atoms with Crippen molar-refractivity contribution in [2.45, 2.75) is 0 Å². The Bertz CT molecular complexity index is 667. The summed E-state index contributed by atoms with van der Waals surface area (Å²) in [5.41, 5.74) is 6.69. The molecule has 0 unspecified atom stereocenters. The average molecular weight is 217 g/mol. The van der Waals surface area contributed by atoms with E-state index in [2.05, 4.69) is 4.98 Å². The van der Waals surface area contributed by atoms with Crippen LogP contribution in [0.15, 0.2) is 30.5 Å². The first kappa shape index (κ1) is 8.43. The molecule has 4 nitrogen and oxygen atoms in total. The molecule has 1 amide bonds. The lowest BCUT2D eigenvalue weighted by atomic mass is 10.3. The molecule has 1 aromatic carbocycles. The lowest BCUT2D eigenvalue weighted by Crippen LogP contribution is -2.13. The van der Waals surface area contributed by atoms with E-state index >= 15 is 0 Å². The normalized spacial score (nSPS) is 11.2. The van der Waals surface area contributed by atoms with Gasteiger partial charge in [0.25, 0.3) is 5.91 Å². The maximum absolute atomic E-state index is 11.2. The summed E-state index contributed by atoms with van der Waals surface area (Å²) in [7, 11) is 0. The highest BCUT2D eigenvalue weighted by molar-refractivity contribution is 7.23. The van der Waals surface area contributed by atoms with Gasteiger partial charge in [0, 0.05) is 0 Å². The Hall–Kier alpha value is -1.88. The second-order valence-corrected chi connectivity index (χ2v) is 4.20. The van der Waals surface area contributed by atoms with Crippen LogP contribution >= 0.6 is 11.3 Å². The standard InChI is InChI=1S/C10H7N3OS/c11-9(14)7-5-12-10-13(7)6-3-1-2-4-8(6)15-10/h1-5H,(H2,11,14). The third-order valence-electron chi connectivity index (χ3n) is 2.29. The van der Waals surface area contributed by atoms with Crippen molar-refractivity contribution >= 4 is 32.4 Å². The number of carbonyl (C=O) groups is 1. The first-order valence-electron chi connectivity index (χ1n) is 4.42. The summed E-state index contributed by atoms with van der Waals surface area (Å²) in [5.74, 6) is -0.453. The van der Waals surface area contributed by atoms with E-state index < -0.39 is 5.91 Å². The van der Waals surface area contributed by atoms with Gasteiger partial charge >= 0.3 is 0 Å². The number of nitrogens with zero attached hydrogens (tertiary/aromatic N) is 2. The smallest absolute Gasteiger partial charge is 0.267 e. The molecule has 2 N–H and O–H groups in total. The third-order valence-corrected chi connectivity index (χ3v) is 3.33. The SMILES string of the molecule is NC(=O)c1cnc2sc3ccccc3n12. The number of hydrogen-bond donors (Lipinski definition) is 1. The summed E-state index contributed by atoms with van der Waals surface area (Å²) in [5, 5.41) is 0. The summed E-state index contributed by atoms with van der Waals surface area (Å²) >= 11 is 1.54. The Labute approximate surface area is 89.0 Å². The van der Waals surface area contributed by atoms with E-state index in [-0.39, 0.29) is 0 Å². The Morgan fingerprint density at radius 1 is 1.40 bits per heavy atom. The van der Waals surface area contributed by atoms with E-state index in [1.54, 1.807) is 15.7 Å². The van der Waals surface area contributed by atoms with Gasteiger partial charge in [0.2, 0.25) is 0 Å². The van der Waals surface area contributed by atoms with Gasteiger partial charge in [-0.3, -0.25) is 9.20 Å². The first-order valence-corrected chi connectivity index (χ1v) is 5.24. The molecule has 3 rings (SSSR count). The van der Waals surface area contributed by atoms with Crippen LogP contribution in [-0.4, -0.2) is 15.3 Å². The van der Waals surface area contributed by atoms with Gasteiger partial charge in [-0.1, -0.05) is 23.5 Å². The fourth-order valence-corrected chi connectivity index (χ4v) is 2.64. The second kappa shape index (κ2) is 2.80. The Kier molecular flexibility index (Phi) is 1.58. The zero-order chi connectivity index (χ0) is 10.4. The van der Waals surface area contributed by atoms with Crippen LogP contribution in [0.3, 0.4) is 0 Å². The molecule has 0 saturated carbocycles. The number of amides is 1. The van der Waals surface area contributed by atoms with Crippen molar-refractivity contribution in [3.8, 4) is 0 Å². The molecule has 0 aliphatic heterocycles. The molecule has 5 heteroatoms.